The van der Waals surface area contributed by atoms with Gasteiger partial charge in [-0.1, -0.05) is 12.1 Å². The highest BCUT2D eigenvalue weighted by atomic mass is 19.1. The Balaban J connectivity index is 1.40. The van der Waals surface area contributed by atoms with Gasteiger partial charge in [-0.25, -0.2) is 4.39 Å². The normalized spacial score (nSPS) is 18.4. The van der Waals surface area contributed by atoms with E-state index >= 15 is 0 Å². The van der Waals surface area contributed by atoms with Gasteiger partial charge in [-0.05, 0) is 43.3 Å². The highest BCUT2D eigenvalue weighted by Crippen LogP contribution is 2.17. The van der Waals surface area contributed by atoms with Crippen molar-refractivity contribution in [1.29, 1.82) is 0 Å². The maximum absolute atomic E-state index is 13.6. The van der Waals surface area contributed by atoms with Gasteiger partial charge in [0.2, 0.25) is 5.91 Å². The second kappa shape index (κ2) is 11.1. The summed E-state index contributed by atoms with van der Waals surface area (Å²) >= 11 is 0. The van der Waals surface area contributed by atoms with Gasteiger partial charge in [-0.2, -0.15) is 0 Å². The third-order valence-corrected chi connectivity index (χ3v) is 5.30. The molecule has 1 saturated heterocycles. The summed E-state index contributed by atoms with van der Waals surface area (Å²) in [5, 5.41) is 13.2. The number of nitrogens with one attached hydrogen (secondary N) is 1. The number of ether oxygens (including phenoxy) is 2. The molecule has 1 aliphatic heterocycles. The second-order valence-electron chi connectivity index (χ2n) is 7.75. The number of halogens is 1. The van der Waals surface area contributed by atoms with Gasteiger partial charge in [0.25, 0.3) is 0 Å². The molecule has 1 aliphatic rings. The molecule has 8 heteroatoms. The molecule has 3 rings (SSSR count). The van der Waals surface area contributed by atoms with Gasteiger partial charge in [0.15, 0.2) is 11.6 Å². The summed E-state index contributed by atoms with van der Waals surface area (Å²) in [6, 6.07) is 13.5. The van der Waals surface area contributed by atoms with Crippen molar-refractivity contribution in [1.82, 2.24) is 9.80 Å². The highest BCUT2D eigenvalue weighted by Gasteiger charge is 2.26. The van der Waals surface area contributed by atoms with Crippen LogP contribution < -0.4 is 14.8 Å². The molecule has 0 spiro atoms. The fourth-order valence-corrected chi connectivity index (χ4v) is 3.63. The largest absolute Gasteiger partial charge is 0.497 e. The van der Waals surface area contributed by atoms with Gasteiger partial charge in [-0.3, -0.25) is 14.6 Å². The molecule has 1 heterocycles. The number of β-amino-alcohol motifs (C(OH)–C–C–N with tert-alkyl or cyclic N) is 1. The van der Waals surface area contributed by atoms with Crippen LogP contribution in [-0.4, -0.2) is 79.4 Å². The number of anilines is 1. The molecule has 0 radical (unpaired) electrons. The first-order chi connectivity index (χ1) is 14.9. The Kier molecular flexibility index (Phi) is 8.22. The third kappa shape index (κ3) is 6.92. The molecule has 0 aromatic heterocycles. The van der Waals surface area contributed by atoms with Crippen LogP contribution in [0.25, 0.3) is 0 Å². The predicted octanol–water partition coefficient (Wildman–Crippen LogP) is 2.22. The van der Waals surface area contributed by atoms with Crippen LogP contribution in [-0.2, 0) is 4.79 Å². The first kappa shape index (κ1) is 23.0. The average Bonchev–Trinajstić information content (AvgIpc) is 2.75. The number of amides is 1. The zero-order valence-electron chi connectivity index (χ0n) is 18.0. The lowest BCUT2D eigenvalue weighted by Gasteiger charge is -2.40. The number of aliphatic hydroxyl groups excluding tert-OH is 1. The summed E-state index contributed by atoms with van der Waals surface area (Å²) in [6.07, 6.45) is -0.730. The van der Waals surface area contributed by atoms with Crippen molar-refractivity contribution in [3.63, 3.8) is 0 Å². The molecule has 31 heavy (non-hydrogen) atoms. The molecule has 2 N–H and O–H groups in total. The van der Waals surface area contributed by atoms with Crippen molar-refractivity contribution >= 4 is 11.6 Å². The molecule has 2 aromatic carbocycles. The topological polar surface area (TPSA) is 74.3 Å². The van der Waals surface area contributed by atoms with E-state index in [4.69, 9.17) is 9.47 Å². The van der Waals surface area contributed by atoms with E-state index in [0.29, 0.717) is 13.1 Å². The number of para-hydroxylation sites is 1. The highest BCUT2D eigenvalue weighted by molar-refractivity contribution is 5.92. The van der Waals surface area contributed by atoms with Crippen molar-refractivity contribution < 1.29 is 23.8 Å². The number of benzene rings is 2. The smallest absolute Gasteiger partial charge is 0.238 e. The Bertz CT molecular complexity index is 849. The number of nitrogens with zero attached hydrogens (tertiary/aromatic N) is 2. The van der Waals surface area contributed by atoms with Crippen molar-refractivity contribution in [2.45, 2.75) is 19.1 Å². The minimum Gasteiger partial charge on any atom is -0.497 e. The van der Waals surface area contributed by atoms with Crippen molar-refractivity contribution in [3.05, 3.63) is 54.3 Å². The number of hydrogen-bond acceptors (Lipinski definition) is 6. The molecule has 0 unspecified atom stereocenters. The molecular weight excluding hydrogens is 401 g/mol. The molecule has 0 saturated carbocycles. The molecule has 1 fully saturated rings. The average molecular weight is 432 g/mol. The van der Waals surface area contributed by atoms with Crippen molar-refractivity contribution in [2.75, 3.05) is 51.8 Å². The zero-order chi connectivity index (χ0) is 22.2. The fraction of sp³-hybridized carbons (Fsp3) is 0.435. The zero-order valence-corrected chi connectivity index (χ0v) is 18.0. The van der Waals surface area contributed by atoms with Crippen LogP contribution in [0.4, 0.5) is 10.1 Å². The summed E-state index contributed by atoms with van der Waals surface area (Å²) in [4.78, 5) is 16.6. The van der Waals surface area contributed by atoms with Crippen LogP contribution in [0.3, 0.4) is 0 Å². The van der Waals surface area contributed by atoms with E-state index in [1.807, 2.05) is 12.1 Å². The van der Waals surface area contributed by atoms with Gasteiger partial charge >= 0.3 is 0 Å². The van der Waals surface area contributed by atoms with Crippen LogP contribution in [0.5, 0.6) is 11.5 Å². The standard InChI is InChI=1S/C23H30FN3O4/c1-17-13-26(15-23(29)25-18-7-9-20(30-2)10-8-18)11-12-27(17)14-19(28)16-31-22-6-4-3-5-21(22)24/h3-10,17,19,28H,11-16H2,1-2H3,(H,25,29)/t17-,19+/m0/s1. The van der Waals surface area contributed by atoms with E-state index in [1.165, 1.54) is 6.07 Å². The number of carbonyl (C=O) groups is 1. The van der Waals surface area contributed by atoms with Gasteiger partial charge in [0.05, 0.1) is 13.7 Å². The minimum atomic E-state index is -0.730. The maximum atomic E-state index is 13.6. The molecule has 2 aromatic rings. The number of carbonyl (C=O) groups excluding carboxylic acids is 1. The predicted molar refractivity (Wildman–Crippen MR) is 117 cm³/mol. The monoisotopic (exact) mass is 431 g/mol. The quantitative estimate of drug-likeness (QED) is 0.634. The first-order valence-corrected chi connectivity index (χ1v) is 10.4. The van der Waals surface area contributed by atoms with Gasteiger partial charge in [0, 0.05) is 37.9 Å². The van der Waals surface area contributed by atoms with E-state index < -0.39 is 11.9 Å². The van der Waals surface area contributed by atoms with Crippen molar-refractivity contribution in [2.24, 2.45) is 0 Å². The van der Waals surface area contributed by atoms with Gasteiger partial charge in [0.1, 0.15) is 18.5 Å². The summed E-state index contributed by atoms with van der Waals surface area (Å²) in [7, 11) is 1.60. The number of hydrogen-bond donors (Lipinski definition) is 2. The summed E-state index contributed by atoms with van der Waals surface area (Å²) in [6.45, 7) is 5.01. The SMILES string of the molecule is COc1ccc(NC(=O)CN2CCN(C[C@@H](O)COc3ccccc3F)[C@@H](C)C2)cc1. The Morgan fingerprint density at radius 3 is 2.65 bits per heavy atom. The molecule has 7 nitrogen and oxygen atoms in total. The molecule has 168 valence electrons. The Labute approximate surface area is 182 Å². The first-order valence-electron chi connectivity index (χ1n) is 10.4. The Morgan fingerprint density at radius 2 is 1.97 bits per heavy atom. The van der Waals surface area contributed by atoms with E-state index in [1.54, 1.807) is 37.4 Å². The Hall–Kier alpha value is -2.68. The van der Waals surface area contributed by atoms with E-state index in [0.717, 1.165) is 31.1 Å². The number of rotatable bonds is 9. The third-order valence-electron chi connectivity index (χ3n) is 5.30. The number of piperazine rings is 1. The van der Waals surface area contributed by atoms with Crippen LogP contribution >= 0.6 is 0 Å². The van der Waals surface area contributed by atoms with Crippen LogP contribution in [0.1, 0.15) is 6.92 Å². The minimum absolute atomic E-state index is 0.0259. The van der Waals surface area contributed by atoms with Crippen LogP contribution in [0.15, 0.2) is 48.5 Å². The molecule has 0 aliphatic carbocycles. The van der Waals surface area contributed by atoms with Crippen LogP contribution in [0.2, 0.25) is 0 Å². The van der Waals surface area contributed by atoms with Crippen LogP contribution in [0, 0.1) is 5.82 Å². The fourth-order valence-electron chi connectivity index (χ4n) is 3.63. The Morgan fingerprint density at radius 1 is 1.23 bits per heavy atom. The maximum Gasteiger partial charge on any atom is 0.238 e. The lowest BCUT2D eigenvalue weighted by Crippen LogP contribution is -2.55. The second-order valence-corrected chi connectivity index (χ2v) is 7.75. The summed E-state index contributed by atoms with van der Waals surface area (Å²) < 4.78 is 24.1. The van der Waals surface area contributed by atoms with E-state index in [9.17, 15) is 14.3 Å². The lowest BCUT2D eigenvalue weighted by molar-refractivity contribution is -0.118. The van der Waals surface area contributed by atoms with Gasteiger partial charge < -0.3 is 19.9 Å². The van der Waals surface area contributed by atoms with E-state index in [2.05, 4.69) is 22.0 Å². The summed E-state index contributed by atoms with van der Waals surface area (Å²) in [5.41, 5.74) is 0.732. The molecule has 0 bridgehead atoms. The molecular formula is C23H30FN3O4. The van der Waals surface area contributed by atoms with Gasteiger partial charge in [-0.15, -0.1) is 0 Å². The molecule has 1 amide bonds. The van der Waals surface area contributed by atoms with Crippen molar-refractivity contribution in [3.8, 4) is 11.5 Å². The summed E-state index contributed by atoms with van der Waals surface area (Å²) in [5.74, 6) is 0.375. The molecule has 2 atom stereocenters. The number of aliphatic hydroxyl groups is 1. The van der Waals surface area contributed by atoms with E-state index in [-0.39, 0.29) is 24.3 Å². The number of methoxy groups -OCH3 is 1. The lowest BCUT2D eigenvalue weighted by atomic mass is 10.1.